The first-order valence-electron chi connectivity index (χ1n) is 13.4. The Balaban J connectivity index is 1.61. The van der Waals surface area contributed by atoms with Gasteiger partial charge in [0.2, 0.25) is 5.91 Å². The molecule has 0 aromatic heterocycles. The molecule has 0 saturated carbocycles. The Morgan fingerprint density at radius 3 is 2.20 bits per heavy atom. The van der Waals surface area contributed by atoms with Crippen molar-refractivity contribution in [2.75, 3.05) is 16.3 Å². The molecule has 1 aliphatic rings. The van der Waals surface area contributed by atoms with E-state index in [0.717, 1.165) is 16.8 Å². The third kappa shape index (κ3) is 6.18. The molecule has 4 rings (SSSR count). The second kappa shape index (κ2) is 12.0. The van der Waals surface area contributed by atoms with Crippen molar-refractivity contribution in [3.8, 4) is 0 Å². The topological polar surface area (TPSA) is 77.9 Å². The van der Waals surface area contributed by atoms with Crippen molar-refractivity contribution in [2.24, 2.45) is 5.41 Å². The lowest BCUT2D eigenvalue weighted by molar-refractivity contribution is -0.147. The lowest BCUT2D eigenvalue weighted by atomic mass is 9.84. The Hall–Kier alpha value is -3.35. The summed E-state index contributed by atoms with van der Waals surface area (Å²) < 4.78 is 0. The lowest BCUT2D eigenvalue weighted by Crippen LogP contribution is -2.46. The fourth-order valence-corrected chi connectivity index (χ4v) is 5.48. The van der Waals surface area contributed by atoms with Gasteiger partial charge in [-0.2, -0.15) is 0 Å². The van der Waals surface area contributed by atoms with Gasteiger partial charge in [-0.15, -0.1) is 0 Å². The smallest absolute Gasteiger partial charge is 0.309 e. The molecule has 1 N–H and O–H groups in total. The van der Waals surface area contributed by atoms with Crippen LogP contribution in [0.1, 0.15) is 67.9 Å². The summed E-state index contributed by atoms with van der Waals surface area (Å²) in [6.07, 6.45) is 1.54. The number of hydrogen-bond acceptors (Lipinski definition) is 3. The van der Waals surface area contributed by atoms with Crippen molar-refractivity contribution in [3.63, 3.8) is 0 Å². The van der Waals surface area contributed by atoms with E-state index in [0.29, 0.717) is 47.1 Å². The maximum absolute atomic E-state index is 13.9. The van der Waals surface area contributed by atoms with E-state index in [1.54, 1.807) is 60.0 Å². The number of benzene rings is 3. The highest BCUT2D eigenvalue weighted by Crippen LogP contribution is 2.42. The molecule has 0 spiro atoms. The molecule has 210 valence electrons. The van der Waals surface area contributed by atoms with Crippen LogP contribution < -0.4 is 9.80 Å². The number of hydrogen-bond donors (Lipinski definition) is 1. The third-order valence-corrected chi connectivity index (χ3v) is 8.19. The molecule has 0 aliphatic carbocycles. The molecule has 8 heteroatoms. The Morgan fingerprint density at radius 1 is 0.975 bits per heavy atom. The number of aryl methyl sites for hydroxylation is 1. The summed E-state index contributed by atoms with van der Waals surface area (Å²) in [5, 5.41) is 10.5. The van der Waals surface area contributed by atoms with Gasteiger partial charge in [-0.05, 0) is 113 Å². The van der Waals surface area contributed by atoms with E-state index in [1.807, 2.05) is 44.2 Å². The van der Waals surface area contributed by atoms with E-state index in [4.69, 9.17) is 23.2 Å². The maximum Gasteiger partial charge on any atom is 0.309 e. The first-order chi connectivity index (χ1) is 18.9. The van der Waals surface area contributed by atoms with Gasteiger partial charge >= 0.3 is 5.97 Å². The van der Waals surface area contributed by atoms with Crippen LogP contribution in [0.2, 0.25) is 10.0 Å². The molecule has 0 radical (unpaired) electrons. The Bertz CT molecular complexity index is 1400. The SMILES string of the molecule is CCN(C(=O)[C@H]1C[C@H](C)N(C(=O)c2ccc(CCC(C)(C)C(=O)O)cc2)c2ccc(Cl)cc21)c1ccc(Cl)cc1. The third-order valence-electron chi connectivity index (χ3n) is 7.70. The van der Waals surface area contributed by atoms with Crippen molar-refractivity contribution in [3.05, 3.63) is 93.5 Å². The van der Waals surface area contributed by atoms with Gasteiger partial charge in [0.15, 0.2) is 0 Å². The highest BCUT2D eigenvalue weighted by molar-refractivity contribution is 6.31. The van der Waals surface area contributed by atoms with Crippen LogP contribution >= 0.6 is 23.2 Å². The molecule has 0 saturated heterocycles. The Labute approximate surface area is 245 Å². The van der Waals surface area contributed by atoms with Crippen molar-refractivity contribution in [1.29, 1.82) is 0 Å². The highest BCUT2D eigenvalue weighted by Gasteiger charge is 2.39. The largest absolute Gasteiger partial charge is 0.481 e. The Morgan fingerprint density at radius 2 is 1.60 bits per heavy atom. The molecule has 3 aromatic rings. The van der Waals surface area contributed by atoms with Crippen LogP contribution in [0.3, 0.4) is 0 Å². The zero-order valence-corrected chi connectivity index (χ0v) is 24.7. The number of aliphatic carboxylic acids is 1. The number of anilines is 2. The van der Waals surface area contributed by atoms with Crippen LogP contribution in [-0.2, 0) is 16.0 Å². The van der Waals surface area contributed by atoms with Crippen molar-refractivity contribution >= 4 is 52.4 Å². The minimum atomic E-state index is -0.829. The molecule has 2 atom stereocenters. The number of likely N-dealkylation sites (N-methyl/N-ethyl adjacent to an activating group) is 1. The Kier molecular flexibility index (Phi) is 8.91. The van der Waals surface area contributed by atoms with Crippen LogP contribution in [0, 0.1) is 5.41 Å². The van der Waals surface area contributed by atoms with E-state index in [2.05, 4.69) is 0 Å². The molecule has 1 aliphatic heterocycles. The number of fused-ring (bicyclic) bond motifs is 1. The second-order valence-electron chi connectivity index (χ2n) is 11.0. The molecule has 0 fully saturated rings. The van der Waals surface area contributed by atoms with Gasteiger partial charge in [-0.3, -0.25) is 14.4 Å². The van der Waals surface area contributed by atoms with E-state index in [1.165, 1.54) is 0 Å². The standard InChI is InChI=1S/C32H34Cl2N2O4/c1-5-35(25-13-10-23(33)11-14-25)30(38)27-18-20(2)36(28-15-12-24(34)19-26(27)28)29(37)22-8-6-21(7-9-22)16-17-32(3,4)31(39)40/h6-15,19-20,27H,5,16-18H2,1-4H3,(H,39,40)/t20-,27-/m0/s1. The number of halogens is 2. The zero-order valence-electron chi connectivity index (χ0n) is 23.2. The molecule has 1 heterocycles. The second-order valence-corrected chi connectivity index (χ2v) is 11.8. The fraction of sp³-hybridized carbons (Fsp3) is 0.344. The minimum absolute atomic E-state index is 0.0547. The zero-order chi connectivity index (χ0) is 29.2. The lowest BCUT2D eigenvalue weighted by Gasteiger charge is -2.40. The van der Waals surface area contributed by atoms with E-state index in [-0.39, 0.29) is 17.9 Å². The van der Waals surface area contributed by atoms with Gasteiger partial charge < -0.3 is 14.9 Å². The van der Waals surface area contributed by atoms with Gasteiger partial charge in [-0.25, -0.2) is 0 Å². The normalized spacial score (nSPS) is 16.8. The molecule has 0 unspecified atom stereocenters. The molecule has 2 amide bonds. The summed E-state index contributed by atoms with van der Waals surface area (Å²) in [5.41, 5.74) is 2.83. The summed E-state index contributed by atoms with van der Waals surface area (Å²) in [7, 11) is 0. The summed E-state index contributed by atoms with van der Waals surface area (Å²) in [6.45, 7) is 7.79. The van der Waals surface area contributed by atoms with Crippen LogP contribution in [0.4, 0.5) is 11.4 Å². The monoisotopic (exact) mass is 580 g/mol. The molecule has 6 nitrogen and oxygen atoms in total. The van der Waals surface area contributed by atoms with E-state index >= 15 is 0 Å². The van der Waals surface area contributed by atoms with Crippen LogP contribution in [0.15, 0.2) is 66.7 Å². The van der Waals surface area contributed by atoms with Gasteiger partial charge in [0.25, 0.3) is 5.91 Å². The van der Waals surface area contributed by atoms with Gasteiger partial charge in [0.1, 0.15) is 0 Å². The number of rotatable bonds is 8. The summed E-state index contributed by atoms with van der Waals surface area (Å²) in [4.78, 5) is 42.6. The highest BCUT2D eigenvalue weighted by atomic mass is 35.5. The molecular weight excluding hydrogens is 547 g/mol. The number of nitrogens with zero attached hydrogens (tertiary/aromatic N) is 2. The molecular formula is C32H34Cl2N2O4. The molecule has 0 bridgehead atoms. The number of carboxylic acid groups (broad SMARTS) is 1. The predicted molar refractivity (Wildman–Crippen MR) is 161 cm³/mol. The summed E-state index contributed by atoms with van der Waals surface area (Å²) >= 11 is 12.5. The van der Waals surface area contributed by atoms with Crippen molar-refractivity contribution < 1.29 is 19.5 Å². The number of carboxylic acids is 1. The van der Waals surface area contributed by atoms with Crippen molar-refractivity contribution in [1.82, 2.24) is 0 Å². The first kappa shape index (κ1) is 29.6. The average Bonchev–Trinajstić information content (AvgIpc) is 2.93. The average molecular weight is 582 g/mol. The van der Waals surface area contributed by atoms with Gasteiger partial charge in [0, 0.05) is 39.6 Å². The van der Waals surface area contributed by atoms with E-state index in [9.17, 15) is 19.5 Å². The van der Waals surface area contributed by atoms with Crippen LogP contribution in [-0.4, -0.2) is 35.5 Å². The van der Waals surface area contributed by atoms with Gasteiger partial charge in [-0.1, -0.05) is 35.3 Å². The fourth-order valence-electron chi connectivity index (χ4n) is 5.17. The van der Waals surface area contributed by atoms with Crippen molar-refractivity contribution in [2.45, 2.75) is 58.9 Å². The molecule has 40 heavy (non-hydrogen) atoms. The maximum atomic E-state index is 13.9. The van der Waals surface area contributed by atoms with Crippen LogP contribution in [0.25, 0.3) is 0 Å². The first-order valence-corrected chi connectivity index (χ1v) is 14.2. The van der Waals surface area contributed by atoms with E-state index < -0.39 is 17.3 Å². The summed E-state index contributed by atoms with van der Waals surface area (Å²) in [6, 6.07) is 19.6. The minimum Gasteiger partial charge on any atom is -0.481 e. The quantitative estimate of drug-likeness (QED) is 0.297. The number of carbonyl (C=O) groups is 3. The van der Waals surface area contributed by atoms with Crippen LogP contribution in [0.5, 0.6) is 0 Å². The van der Waals surface area contributed by atoms with Gasteiger partial charge in [0.05, 0.1) is 11.3 Å². The molecule has 3 aromatic carbocycles. The summed E-state index contributed by atoms with van der Waals surface area (Å²) in [5.74, 6) is -1.52. The predicted octanol–water partition coefficient (Wildman–Crippen LogP) is 7.61. The number of amides is 2. The number of carbonyl (C=O) groups excluding carboxylic acids is 2.